The van der Waals surface area contributed by atoms with Gasteiger partial charge in [0, 0.05) is 11.3 Å². The number of methoxy groups -OCH3 is 1. The highest BCUT2D eigenvalue weighted by atomic mass is 35.5. The first kappa shape index (κ1) is 12.6. The van der Waals surface area contributed by atoms with Gasteiger partial charge in [0.15, 0.2) is 16.7 Å². The maximum absolute atomic E-state index is 13.4. The molecule has 1 aromatic carbocycles. The Morgan fingerprint density at radius 2 is 2.11 bits per heavy atom. The highest BCUT2D eigenvalue weighted by Crippen LogP contribution is 2.31. The van der Waals surface area contributed by atoms with Crippen molar-refractivity contribution < 1.29 is 9.13 Å². The van der Waals surface area contributed by atoms with Crippen LogP contribution in [0.4, 0.5) is 15.9 Å². The second-order valence-corrected chi connectivity index (χ2v) is 3.94. The standard InChI is InChI=1S/C12H11ClFN3O/c1-7-8(14)4-3-5-9(7)17-12-10(18-2)11(13)15-6-16-12/h3-6H,1-2H3,(H,15,16,17). The number of benzene rings is 1. The minimum absolute atomic E-state index is 0.198. The smallest absolute Gasteiger partial charge is 0.199 e. The second-order valence-electron chi connectivity index (χ2n) is 3.58. The summed E-state index contributed by atoms with van der Waals surface area (Å²) in [6.07, 6.45) is 1.31. The van der Waals surface area contributed by atoms with Crippen molar-refractivity contribution in [3.05, 3.63) is 41.1 Å². The van der Waals surface area contributed by atoms with Crippen LogP contribution in [0.1, 0.15) is 5.56 Å². The zero-order valence-corrected chi connectivity index (χ0v) is 10.6. The van der Waals surface area contributed by atoms with E-state index in [1.807, 2.05) is 0 Å². The summed E-state index contributed by atoms with van der Waals surface area (Å²) < 4.78 is 18.5. The summed E-state index contributed by atoms with van der Waals surface area (Å²) in [4.78, 5) is 7.83. The van der Waals surface area contributed by atoms with Crippen molar-refractivity contribution in [1.82, 2.24) is 9.97 Å². The largest absolute Gasteiger partial charge is 0.490 e. The molecule has 0 unspecified atom stereocenters. The van der Waals surface area contributed by atoms with Crippen molar-refractivity contribution in [3.63, 3.8) is 0 Å². The molecule has 18 heavy (non-hydrogen) atoms. The Labute approximate surface area is 109 Å². The van der Waals surface area contributed by atoms with Crippen molar-refractivity contribution in [2.24, 2.45) is 0 Å². The average Bonchev–Trinajstić information content (AvgIpc) is 2.35. The van der Waals surface area contributed by atoms with E-state index < -0.39 is 0 Å². The van der Waals surface area contributed by atoms with Crippen LogP contribution in [0.3, 0.4) is 0 Å². The van der Waals surface area contributed by atoms with E-state index in [0.29, 0.717) is 22.8 Å². The molecule has 1 aromatic heterocycles. The van der Waals surface area contributed by atoms with Gasteiger partial charge in [0.2, 0.25) is 0 Å². The van der Waals surface area contributed by atoms with Crippen LogP contribution in [-0.2, 0) is 0 Å². The Morgan fingerprint density at radius 3 is 2.83 bits per heavy atom. The number of hydrogen-bond acceptors (Lipinski definition) is 4. The monoisotopic (exact) mass is 267 g/mol. The van der Waals surface area contributed by atoms with E-state index in [2.05, 4.69) is 15.3 Å². The number of rotatable bonds is 3. The average molecular weight is 268 g/mol. The molecule has 0 saturated heterocycles. The summed E-state index contributed by atoms with van der Waals surface area (Å²) in [5.74, 6) is 0.424. The molecule has 0 aliphatic carbocycles. The van der Waals surface area contributed by atoms with Crippen LogP contribution in [0.2, 0.25) is 5.15 Å². The number of nitrogens with zero attached hydrogens (tertiary/aromatic N) is 2. The molecule has 0 aliphatic heterocycles. The maximum atomic E-state index is 13.4. The van der Waals surface area contributed by atoms with E-state index in [1.54, 1.807) is 19.1 Å². The van der Waals surface area contributed by atoms with Crippen LogP contribution in [0.5, 0.6) is 5.75 Å². The van der Waals surface area contributed by atoms with Gasteiger partial charge in [0.1, 0.15) is 12.1 Å². The quantitative estimate of drug-likeness (QED) is 0.867. The zero-order chi connectivity index (χ0) is 13.1. The second kappa shape index (κ2) is 5.18. The van der Waals surface area contributed by atoms with Gasteiger partial charge in [0.25, 0.3) is 0 Å². The lowest BCUT2D eigenvalue weighted by Gasteiger charge is -2.12. The molecule has 0 saturated carbocycles. The number of anilines is 2. The van der Waals surface area contributed by atoms with Crippen LogP contribution < -0.4 is 10.1 Å². The lowest BCUT2D eigenvalue weighted by atomic mass is 10.2. The molecular formula is C12H11ClFN3O. The van der Waals surface area contributed by atoms with Crippen molar-refractivity contribution in [2.45, 2.75) is 6.92 Å². The fourth-order valence-electron chi connectivity index (χ4n) is 1.49. The van der Waals surface area contributed by atoms with Gasteiger partial charge in [-0.1, -0.05) is 17.7 Å². The van der Waals surface area contributed by atoms with Gasteiger partial charge >= 0.3 is 0 Å². The Hall–Kier alpha value is -1.88. The minimum Gasteiger partial charge on any atom is -0.490 e. The maximum Gasteiger partial charge on any atom is 0.199 e. The number of nitrogens with one attached hydrogen (secondary N) is 1. The number of ether oxygens (including phenoxy) is 1. The third kappa shape index (κ3) is 2.36. The van der Waals surface area contributed by atoms with Gasteiger partial charge < -0.3 is 10.1 Å². The van der Waals surface area contributed by atoms with E-state index in [-0.39, 0.29) is 11.0 Å². The number of halogens is 2. The Bertz CT molecular complexity index is 577. The first-order chi connectivity index (χ1) is 8.63. The van der Waals surface area contributed by atoms with E-state index in [4.69, 9.17) is 16.3 Å². The topological polar surface area (TPSA) is 47.0 Å². The lowest BCUT2D eigenvalue weighted by molar-refractivity contribution is 0.413. The predicted molar refractivity (Wildman–Crippen MR) is 68.0 cm³/mol. The third-order valence-electron chi connectivity index (χ3n) is 2.49. The molecule has 4 nitrogen and oxygen atoms in total. The van der Waals surface area contributed by atoms with Crippen LogP contribution in [0.15, 0.2) is 24.5 Å². The van der Waals surface area contributed by atoms with Gasteiger partial charge in [0.05, 0.1) is 7.11 Å². The van der Waals surface area contributed by atoms with Crippen LogP contribution >= 0.6 is 11.6 Å². The normalized spacial score (nSPS) is 10.2. The zero-order valence-electron chi connectivity index (χ0n) is 9.87. The van der Waals surface area contributed by atoms with Gasteiger partial charge in [-0.2, -0.15) is 0 Å². The molecule has 2 rings (SSSR count). The molecule has 0 radical (unpaired) electrons. The molecule has 0 spiro atoms. The van der Waals surface area contributed by atoms with Crippen LogP contribution in [0, 0.1) is 12.7 Å². The number of hydrogen-bond donors (Lipinski definition) is 1. The van der Waals surface area contributed by atoms with Crippen molar-refractivity contribution >= 4 is 23.1 Å². The Balaban J connectivity index is 2.40. The number of aromatic nitrogens is 2. The highest BCUT2D eigenvalue weighted by molar-refractivity contribution is 6.31. The first-order valence-electron chi connectivity index (χ1n) is 5.20. The van der Waals surface area contributed by atoms with Crippen molar-refractivity contribution in [3.8, 4) is 5.75 Å². The molecule has 0 fully saturated rings. The summed E-state index contributed by atoms with van der Waals surface area (Å²) in [5.41, 5.74) is 1.09. The Morgan fingerprint density at radius 1 is 1.33 bits per heavy atom. The molecule has 1 heterocycles. The molecule has 0 amide bonds. The highest BCUT2D eigenvalue weighted by Gasteiger charge is 2.12. The Kier molecular flexibility index (Phi) is 3.62. The molecule has 1 N–H and O–H groups in total. The van der Waals surface area contributed by atoms with Gasteiger partial charge in [-0.05, 0) is 19.1 Å². The minimum atomic E-state index is -0.292. The van der Waals surface area contributed by atoms with Gasteiger partial charge in [-0.15, -0.1) is 0 Å². The van der Waals surface area contributed by atoms with Crippen LogP contribution in [0.25, 0.3) is 0 Å². The molecule has 0 bridgehead atoms. The molecule has 0 atom stereocenters. The summed E-state index contributed by atoms with van der Waals surface area (Å²) in [7, 11) is 1.47. The predicted octanol–water partition coefficient (Wildman–Crippen LogP) is 3.33. The fraction of sp³-hybridized carbons (Fsp3) is 0.167. The SMILES string of the molecule is COc1c(Cl)ncnc1Nc1cccc(F)c1C. The fourth-order valence-corrected chi connectivity index (χ4v) is 1.70. The van der Waals surface area contributed by atoms with Crippen LogP contribution in [-0.4, -0.2) is 17.1 Å². The molecule has 94 valence electrons. The first-order valence-corrected chi connectivity index (χ1v) is 5.58. The van der Waals surface area contributed by atoms with E-state index in [0.717, 1.165) is 0 Å². The van der Waals surface area contributed by atoms with Gasteiger partial charge in [-0.3, -0.25) is 0 Å². The molecule has 6 heteroatoms. The van der Waals surface area contributed by atoms with E-state index >= 15 is 0 Å². The van der Waals surface area contributed by atoms with Gasteiger partial charge in [-0.25, -0.2) is 14.4 Å². The van der Waals surface area contributed by atoms with Crippen molar-refractivity contribution in [2.75, 3.05) is 12.4 Å². The van der Waals surface area contributed by atoms with E-state index in [1.165, 1.54) is 19.5 Å². The molecule has 0 aliphatic rings. The summed E-state index contributed by atoms with van der Waals surface area (Å²) in [5, 5.41) is 3.17. The molecular weight excluding hydrogens is 257 g/mol. The lowest BCUT2D eigenvalue weighted by Crippen LogP contribution is -2.01. The molecule has 2 aromatic rings. The summed E-state index contributed by atoms with van der Waals surface area (Å²) in [6.45, 7) is 1.67. The van der Waals surface area contributed by atoms with Crippen molar-refractivity contribution in [1.29, 1.82) is 0 Å². The summed E-state index contributed by atoms with van der Waals surface area (Å²) in [6, 6.07) is 4.75. The third-order valence-corrected chi connectivity index (χ3v) is 2.75. The van der Waals surface area contributed by atoms with E-state index in [9.17, 15) is 4.39 Å². The summed E-state index contributed by atoms with van der Waals surface area (Å²) >= 11 is 5.88.